The van der Waals surface area contributed by atoms with Crippen LogP contribution < -0.4 is 0 Å². The molecule has 1 aromatic carbocycles. The molecule has 0 saturated carbocycles. The summed E-state index contributed by atoms with van der Waals surface area (Å²) in [6.07, 6.45) is 0. The number of halogens is 2. The van der Waals surface area contributed by atoms with Gasteiger partial charge in [0.05, 0.1) is 11.3 Å². The van der Waals surface area contributed by atoms with Gasteiger partial charge >= 0.3 is 5.97 Å². The van der Waals surface area contributed by atoms with Gasteiger partial charge in [-0.15, -0.1) is 10.2 Å². The average molecular weight is 346 g/mol. The Morgan fingerprint density at radius 3 is 2.89 bits per heavy atom. The average Bonchev–Trinajstić information content (AvgIpc) is 2.68. The number of aliphatic carboxylic acids is 1. The first kappa shape index (κ1) is 14.0. The Balaban J connectivity index is 2.33. The van der Waals surface area contributed by atoms with Gasteiger partial charge in [0.1, 0.15) is 5.82 Å². The number of carboxylic acids is 1. The summed E-state index contributed by atoms with van der Waals surface area (Å²) in [5.74, 6) is -1.11. The van der Waals surface area contributed by atoms with E-state index in [1.165, 1.54) is 6.07 Å². The maximum Gasteiger partial charge on any atom is 0.313 e. The van der Waals surface area contributed by atoms with Gasteiger partial charge in [-0.3, -0.25) is 4.79 Å². The van der Waals surface area contributed by atoms with Crippen LogP contribution >= 0.6 is 27.7 Å². The zero-order valence-electron chi connectivity index (χ0n) is 9.80. The van der Waals surface area contributed by atoms with Gasteiger partial charge in [-0.1, -0.05) is 27.7 Å². The van der Waals surface area contributed by atoms with Crippen LogP contribution in [-0.4, -0.2) is 31.6 Å². The van der Waals surface area contributed by atoms with Crippen LogP contribution in [0, 0.1) is 5.82 Å². The van der Waals surface area contributed by atoms with Crippen molar-refractivity contribution in [3.05, 3.63) is 28.5 Å². The van der Waals surface area contributed by atoms with Crippen LogP contribution in [0.5, 0.6) is 0 Å². The molecule has 1 N–H and O–H groups in total. The summed E-state index contributed by atoms with van der Waals surface area (Å²) in [6.45, 7) is 0. The Morgan fingerprint density at radius 1 is 1.53 bits per heavy atom. The van der Waals surface area contributed by atoms with E-state index >= 15 is 0 Å². The van der Waals surface area contributed by atoms with Crippen LogP contribution in [0.15, 0.2) is 27.8 Å². The summed E-state index contributed by atoms with van der Waals surface area (Å²) in [6, 6.07) is 4.64. The topological polar surface area (TPSA) is 68.0 Å². The highest BCUT2D eigenvalue weighted by atomic mass is 79.9. The molecule has 0 aliphatic carbocycles. The Hall–Kier alpha value is -1.41. The van der Waals surface area contributed by atoms with Gasteiger partial charge in [0.15, 0.2) is 11.0 Å². The van der Waals surface area contributed by atoms with E-state index < -0.39 is 11.8 Å². The highest BCUT2D eigenvalue weighted by molar-refractivity contribution is 9.10. The number of rotatable bonds is 4. The molecule has 2 aromatic rings. The lowest BCUT2D eigenvalue weighted by Crippen LogP contribution is -2.01. The zero-order chi connectivity index (χ0) is 14.0. The lowest BCUT2D eigenvalue weighted by atomic mass is 10.2. The normalized spacial score (nSPS) is 10.7. The maximum atomic E-state index is 13.8. The molecule has 0 aliphatic rings. The first-order chi connectivity index (χ1) is 8.99. The van der Waals surface area contributed by atoms with Crippen LogP contribution in [0.3, 0.4) is 0 Å². The minimum absolute atomic E-state index is 0.116. The molecule has 0 fully saturated rings. The SMILES string of the molecule is Cn1c(SCC(=O)O)nnc1-c1ccc(Br)cc1F. The highest BCUT2D eigenvalue weighted by Crippen LogP contribution is 2.26. The van der Waals surface area contributed by atoms with Crippen molar-refractivity contribution in [1.82, 2.24) is 14.8 Å². The second-order valence-electron chi connectivity index (χ2n) is 3.67. The molecule has 0 amide bonds. The van der Waals surface area contributed by atoms with Crippen LogP contribution in [0.25, 0.3) is 11.4 Å². The third-order valence-electron chi connectivity index (χ3n) is 2.33. The van der Waals surface area contributed by atoms with Gasteiger partial charge < -0.3 is 9.67 Å². The summed E-state index contributed by atoms with van der Waals surface area (Å²) < 4.78 is 16.0. The van der Waals surface area contributed by atoms with Gasteiger partial charge in [-0.05, 0) is 18.2 Å². The Labute approximate surface area is 121 Å². The Bertz CT molecular complexity index is 632. The van der Waals surface area contributed by atoms with Crippen LogP contribution in [0.4, 0.5) is 4.39 Å². The summed E-state index contributed by atoms with van der Waals surface area (Å²) >= 11 is 4.22. The highest BCUT2D eigenvalue weighted by Gasteiger charge is 2.15. The van der Waals surface area contributed by atoms with Crippen molar-refractivity contribution in [1.29, 1.82) is 0 Å². The second kappa shape index (κ2) is 5.70. The summed E-state index contributed by atoms with van der Waals surface area (Å²) in [7, 11) is 1.67. The molecule has 0 aliphatic heterocycles. The fourth-order valence-corrected chi connectivity index (χ4v) is 2.44. The van der Waals surface area contributed by atoms with Gasteiger partial charge in [0.2, 0.25) is 0 Å². The number of nitrogens with zero attached hydrogens (tertiary/aromatic N) is 3. The van der Waals surface area contributed by atoms with E-state index in [0.717, 1.165) is 11.8 Å². The number of thioether (sulfide) groups is 1. The molecule has 1 aromatic heterocycles. The molecule has 0 saturated heterocycles. The fraction of sp³-hybridized carbons (Fsp3) is 0.182. The summed E-state index contributed by atoms with van der Waals surface area (Å²) in [5.41, 5.74) is 0.320. The molecular weight excluding hydrogens is 337 g/mol. The quantitative estimate of drug-likeness (QED) is 0.862. The fourth-order valence-electron chi connectivity index (χ4n) is 1.47. The lowest BCUT2D eigenvalue weighted by Gasteiger charge is -2.04. The smallest absolute Gasteiger partial charge is 0.313 e. The number of aromatic nitrogens is 3. The van der Waals surface area contributed by atoms with Crippen LogP contribution in [-0.2, 0) is 11.8 Å². The van der Waals surface area contributed by atoms with Crippen molar-refractivity contribution >= 4 is 33.7 Å². The van der Waals surface area contributed by atoms with E-state index in [1.807, 2.05) is 0 Å². The molecular formula is C11H9BrFN3O2S. The van der Waals surface area contributed by atoms with Crippen molar-refractivity contribution in [2.45, 2.75) is 5.16 Å². The first-order valence-corrected chi connectivity index (χ1v) is 6.96. The third kappa shape index (κ3) is 3.13. The molecule has 1 heterocycles. The van der Waals surface area contributed by atoms with Gasteiger partial charge in [0.25, 0.3) is 0 Å². The summed E-state index contributed by atoms with van der Waals surface area (Å²) in [4.78, 5) is 10.5. The molecule has 0 unspecified atom stereocenters. The van der Waals surface area contributed by atoms with Crippen molar-refractivity contribution in [3.63, 3.8) is 0 Å². The van der Waals surface area contributed by atoms with Crippen molar-refractivity contribution in [2.24, 2.45) is 7.05 Å². The molecule has 19 heavy (non-hydrogen) atoms. The van der Waals surface area contributed by atoms with E-state index in [-0.39, 0.29) is 5.75 Å². The van der Waals surface area contributed by atoms with E-state index in [2.05, 4.69) is 26.1 Å². The third-order valence-corrected chi connectivity index (χ3v) is 3.83. The summed E-state index contributed by atoms with van der Waals surface area (Å²) in [5, 5.41) is 16.8. The first-order valence-electron chi connectivity index (χ1n) is 5.18. The second-order valence-corrected chi connectivity index (χ2v) is 5.53. The number of carboxylic acid groups (broad SMARTS) is 1. The minimum atomic E-state index is -0.940. The molecule has 100 valence electrons. The van der Waals surface area contributed by atoms with Crippen LogP contribution in [0.1, 0.15) is 0 Å². The van der Waals surface area contributed by atoms with E-state index in [9.17, 15) is 9.18 Å². The molecule has 8 heteroatoms. The standard InChI is InChI=1S/C11H9BrFN3O2S/c1-16-10(7-3-2-6(12)4-8(7)13)14-15-11(16)19-5-9(17)18/h2-4H,5H2,1H3,(H,17,18). The number of carbonyl (C=O) groups is 1. The number of benzene rings is 1. The van der Waals surface area contributed by atoms with E-state index in [0.29, 0.717) is 21.0 Å². The van der Waals surface area contributed by atoms with Crippen molar-refractivity contribution < 1.29 is 14.3 Å². The molecule has 5 nitrogen and oxygen atoms in total. The Kier molecular flexibility index (Phi) is 4.20. The molecule has 0 atom stereocenters. The van der Waals surface area contributed by atoms with Crippen LogP contribution in [0.2, 0.25) is 0 Å². The maximum absolute atomic E-state index is 13.8. The Morgan fingerprint density at radius 2 is 2.26 bits per heavy atom. The molecule has 2 rings (SSSR count). The zero-order valence-corrected chi connectivity index (χ0v) is 12.2. The molecule has 0 spiro atoms. The van der Waals surface area contributed by atoms with Crippen molar-refractivity contribution in [2.75, 3.05) is 5.75 Å². The lowest BCUT2D eigenvalue weighted by molar-refractivity contribution is -0.133. The number of hydrogen-bond donors (Lipinski definition) is 1. The molecule has 0 radical (unpaired) electrons. The van der Waals surface area contributed by atoms with E-state index in [1.54, 1.807) is 23.7 Å². The monoisotopic (exact) mass is 345 g/mol. The van der Waals surface area contributed by atoms with Gasteiger partial charge in [-0.25, -0.2) is 4.39 Å². The predicted molar refractivity (Wildman–Crippen MR) is 72.5 cm³/mol. The largest absolute Gasteiger partial charge is 0.481 e. The van der Waals surface area contributed by atoms with Gasteiger partial charge in [-0.2, -0.15) is 0 Å². The minimum Gasteiger partial charge on any atom is -0.481 e. The van der Waals surface area contributed by atoms with Gasteiger partial charge in [0, 0.05) is 11.5 Å². The predicted octanol–water partition coefficient (Wildman–Crippen LogP) is 2.56. The van der Waals surface area contributed by atoms with Crippen molar-refractivity contribution in [3.8, 4) is 11.4 Å². The van der Waals surface area contributed by atoms with E-state index in [4.69, 9.17) is 5.11 Å². The molecule has 0 bridgehead atoms. The number of hydrogen-bond acceptors (Lipinski definition) is 4.